The highest BCUT2D eigenvalue weighted by Gasteiger charge is 2.64. The largest absolute Gasteiger partial charge is 0.464 e. The van der Waals surface area contributed by atoms with Crippen LogP contribution in [0.2, 0.25) is 0 Å². The SMILES string of the molecule is CCOC(=O)[C@@H](O)C1=[N+]([O-])O[C@](C(C)=O)(C(=O)OCC)[C@@H]1c1ccc(C)cc1. The fourth-order valence-corrected chi connectivity index (χ4v) is 3.12. The number of ketones is 1. The number of esters is 2. The molecule has 0 fully saturated rings. The lowest BCUT2D eigenvalue weighted by atomic mass is 9.75. The van der Waals surface area contributed by atoms with E-state index in [1.54, 1.807) is 24.3 Å². The lowest BCUT2D eigenvalue weighted by molar-refractivity contribution is -0.745. The number of aryl methyl sites for hydroxylation is 1. The van der Waals surface area contributed by atoms with Gasteiger partial charge in [0.25, 0.3) is 5.71 Å². The number of carbonyl (C=O) groups excluding carboxylic acids is 3. The van der Waals surface area contributed by atoms with E-state index >= 15 is 0 Å². The van der Waals surface area contributed by atoms with Crippen LogP contribution in [-0.2, 0) is 28.7 Å². The number of aliphatic hydroxyl groups is 1. The van der Waals surface area contributed by atoms with Crippen LogP contribution in [0.5, 0.6) is 0 Å². The van der Waals surface area contributed by atoms with Gasteiger partial charge in [0.1, 0.15) is 5.92 Å². The van der Waals surface area contributed by atoms with Crippen LogP contribution >= 0.6 is 0 Å². The molecule has 0 radical (unpaired) electrons. The van der Waals surface area contributed by atoms with Gasteiger partial charge in [-0.15, -0.1) is 0 Å². The zero-order chi connectivity index (χ0) is 21.1. The third-order valence-corrected chi connectivity index (χ3v) is 4.44. The van der Waals surface area contributed by atoms with Crippen LogP contribution in [0.4, 0.5) is 0 Å². The maximum atomic E-state index is 12.7. The van der Waals surface area contributed by atoms with E-state index < -0.39 is 41.1 Å². The molecule has 2 rings (SSSR count). The molecule has 1 aliphatic heterocycles. The Morgan fingerprint density at radius 3 is 2.29 bits per heavy atom. The van der Waals surface area contributed by atoms with Crippen LogP contribution in [0.15, 0.2) is 24.3 Å². The number of rotatable bonds is 7. The molecule has 1 heterocycles. The normalized spacial score (nSPS) is 22.4. The first-order valence-corrected chi connectivity index (χ1v) is 8.83. The first kappa shape index (κ1) is 21.4. The second-order valence-electron chi connectivity index (χ2n) is 6.28. The van der Waals surface area contributed by atoms with Crippen molar-refractivity contribution in [2.75, 3.05) is 13.2 Å². The average Bonchev–Trinajstić information content (AvgIpc) is 2.96. The molecule has 3 atom stereocenters. The van der Waals surface area contributed by atoms with Crippen molar-refractivity contribution >= 4 is 23.4 Å². The van der Waals surface area contributed by atoms with Gasteiger partial charge in [0, 0.05) is 4.90 Å². The third kappa shape index (κ3) is 3.57. The highest BCUT2D eigenvalue weighted by atomic mass is 16.9. The summed E-state index contributed by atoms with van der Waals surface area (Å²) in [6, 6.07) is 6.56. The molecule has 0 aromatic heterocycles. The fourth-order valence-electron chi connectivity index (χ4n) is 3.12. The maximum absolute atomic E-state index is 12.7. The van der Waals surface area contributed by atoms with Gasteiger partial charge in [-0.1, -0.05) is 29.8 Å². The molecule has 152 valence electrons. The summed E-state index contributed by atoms with van der Waals surface area (Å²) in [5.41, 5.74) is -1.68. The molecule has 0 aliphatic carbocycles. The Morgan fingerprint density at radius 2 is 1.79 bits per heavy atom. The lowest BCUT2D eigenvalue weighted by Crippen LogP contribution is -2.53. The number of nitrogens with zero attached hydrogens (tertiary/aromatic N) is 1. The van der Waals surface area contributed by atoms with Crippen LogP contribution in [0, 0.1) is 12.1 Å². The Labute approximate surface area is 162 Å². The Hall–Kier alpha value is -2.94. The molecule has 0 amide bonds. The van der Waals surface area contributed by atoms with Gasteiger partial charge in [0.2, 0.25) is 11.7 Å². The molecule has 9 nitrogen and oxygen atoms in total. The summed E-state index contributed by atoms with van der Waals surface area (Å²) >= 11 is 0. The van der Waals surface area contributed by atoms with E-state index in [-0.39, 0.29) is 18.1 Å². The van der Waals surface area contributed by atoms with Crippen molar-refractivity contribution in [1.82, 2.24) is 0 Å². The molecule has 1 aromatic carbocycles. The number of Topliss-reactive ketones (excluding diaryl/α,β-unsaturated/α-hetero) is 1. The molecule has 0 saturated carbocycles. The number of aliphatic hydroxyl groups excluding tert-OH is 1. The molecule has 0 bridgehead atoms. The van der Waals surface area contributed by atoms with Crippen LogP contribution in [0.3, 0.4) is 0 Å². The highest BCUT2D eigenvalue weighted by molar-refractivity contribution is 6.17. The predicted octanol–water partition coefficient (Wildman–Crippen LogP) is 0.790. The highest BCUT2D eigenvalue weighted by Crippen LogP contribution is 2.41. The van der Waals surface area contributed by atoms with Gasteiger partial charge in [-0.05, 0) is 33.3 Å². The van der Waals surface area contributed by atoms with Gasteiger partial charge < -0.3 is 19.4 Å². The van der Waals surface area contributed by atoms with Gasteiger partial charge in [-0.3, -0.25) is 10.0 Å². The van der Waals surface area contributed by atoms with E-state index in [4.69, 9.17) is 14.3 Å². The molecule has 0 spiro atoms. The van der Waals surface area contributed by atoms with Gasteiger partial charge in [-0.25, -0.2) is 9.59 Å². The van der Waals surface area contributed by atoms with E-state index in [9.17, 15) is 24.7 Å². The van der Waals surface area contributed by atoms with E-state index in [0.29, 0.717) is 5.56 Å². The number of carbonyl (C=O) groups is 3. The number of hydrogen-bond donors (Lipinski definition) is 1. The molecule has 1 aliphatic rings. The van der Waals surface area contributed by atoms with Gasteiger partial charge in [0.15, 0.2) is 5.78 Å². The summed E-state index contributed by atoms with van der Waals surface area (Å²) in [6.45, 7) is 5.88. The summed E-state index contributed by atoms with van der Waals surface area (Å²) < 4.78 is 9.76. The second kappa shape index (κ2) is 8.39. The van der Waals surface area contributed by atoms with Crippen molar-refractivity contribution in [2.24, 2.45) is 0 Å². The van der Waals surface area contributed by atoms with Crippen molar-refractivity contribution in [2.45, 2.75) is 45.3 Å². The minimum atomic E-state index is -2.37. The van der Waals surface area contributed by atoms with Crippen molar-refractivity contribution < 1.29 is 38.7 Å². The van der Waals surface area contributed by atoms with E-state index in [2.05, 4.69) is 0 Å². The summed E-state index contributed by atoms with van der Waals surface area (Å²) in [4.78, 5) is 42.3. The first-order valence-electron chi connectivity index (χ1n) is 8.83. The Morgan fingerprint density at radius 1 is 1.21 bits per heavy atom. The van der Waals surface area contributed by atoms with Crippen molar-refractivity contribution in [3.05, 3.63) is 40.6 Å². The van der Waals surface area contributed by atoms with Gasteiger partial charge in [-0.2, -0.15) is 0 Å². The molecular weight excluding hydrogens is 370 g/mol. The zero-order valence-electron chi connectivity index (χ0n) is 16.1. The van der Waals surface area contributed by atoms with Crippen LogP contribution < -0.4 is 0 Å². The Kier molecular flexibility index (Phi) is 6.40. The maximum Gasteiger partial charge on any atom is 0.346 e. The van der Waals surface area contributed by atoms with Crippen molar-refractivity contribution in [3.63, 3.8) is 0 Å². The van der Waals surface area contributed by atoms with E-state index in [1.807, 2.05) is 6.92 Å². The van der Waals surface area contributed by atoms with E-state index in [0.717, 1.165) is 12.5 Å². The summed E-state index contributed by atoms with van der Waals surface area (Å²) in [5, 5.41) is 23.0. The molecule has 0 unspecified atom stereocenters. The first-order chi connectivity index (χ1) is 13.2. The molecule has 0 saturated heterocycles. The summed E-state index contributed by atoms with van der Waals surface area (Å²) in [5.74, 6) is -4.35. The van der Waals surface area contributed by atoms with Gasteiger partial charge in [0.05, 0.1) is 13.2 Å². The molecule has 1 aromatic rings. The number of ether oxygens (including phenoxy) is 2. The monoisotopic (exact) mass is 393 g/mol. The topological polar surface area (TPSA) is 125 Å². The second-order valence-corrected chi connectivity index (χ2v) is 6.28. The third-order valence-electron chi connectivity index (χ3n) is 4.44. The smallest absolute Gasteiger partial charge is 0.346 e. The van der Waals surface area contributed by atoms with Gasteiger partial charge >= 0.3 is 11.9 Å². The lowest BCUT2D eigenvalue weighted by Gasteiger charge is -2.30. The predicted molar refractivity (Wildman–Crippen MR) is 96.3 cm³/mol. The molecule has 9 heteroatoms. The van der Waals surface area contributed by atoms with Crippen molar-refractivity contribution in [3.8, 4) is 0 Å². The molecule has 1 N–H and O–H groups in total. The van der Waals surface area contributed by atoms with Crippen molar-refractivity contribution in [1.29, 1.82) is 0 Å². The number of hydrogen-bond acceptors (Lipinski definition) is 8. The summed E-state index contributed by atoms with van der Waals surface area (Å²) in [6.07, 6.45) is -2.03. The Bertz CT molecular complexity index is 801. The van der Waals surface area contributed by atoms with Crippen LogP contribution in [0.25, 0.3) is 0 Å². The summed E-state index contributed by atoms with van der Waals surface area (Å²) in [7, 11) is 0. The minimum Gasteiger partial charge on any atom is -0.464 e. The Balaban J connectivity index is 2.68. The fraction of sp³-hybridized carbons (Fsp3) is 0.474. The number of benzene rings is 1. The molecule has 28 heavy (non-hydrogen) atoms. The minimum absolute atomic E-state index is 0.0339. The molecular formula is C19H23NO8. The van der Waals surface area contributed by atoms with Crippen LogP contribution in [0.1, 0.15) is 37.8 Å². The van der Waals surface area contributed by atoms with E-state index in [1.165, 1.54) is 13.8 Å². The average molecular weight is 393 g/mol. The zero-order valence-corrected chi connectivity index (χ0v) is 16.1. The van der Waals surface area contributed by atoms with Crippen LogP contribution in [-0.4, -0.2) is 58.4 Å². The standard InChI is InChI=1S/C19H23NO8/c1-5-26-17(23)16(22)15-14(13-9-7-11(3)8-10-13)19(12(4)21,28-20(15)25)18(24)27-6-2/h7-10,14,16,22H,5-6H2,1-4H3/t14-,16+,19+/m1/s1. The quantitative estimate of drug-likeness (QED) is 0.409.